The lowest BCUT2D eigenvalue weighted by molar-refractivity contribution is -0.137. The summed E-state index contributed by atoms with van der Waals surface area (Å²) in [7, 11) is 0. The number of aromatic nitrogens is 3. The first-order valence-electron chi connectivity index (χ1n) is 6.62. The molecule has 2 aromatic heterocycles. The molecule has 3 aromatic rings. The summed E-state index contributed by atoms with van der Waals surface area (Å²) in [6.07, 6.45) is -0.818. The van der Waals surface area contributed by atoms with Crippen LogP contribution in [0.4, 0.5) is 22.0 Å². The average molecular weight is 337 g/mol. The van der Waals surface area contributed by atoms with Crippen LogP contribution in [-0.4, -0.2) is 14.6 Å². The van der Waals surface area contributed by atoms with Gasteiger partial charge in [0.25, 0.3) is 6.43 Å². The highest BCUT2D eigenvalue weighted by atomic mass is 19.4. The van der Waals surface area contributed by atoms with Crippen molar-refractivity contribution in [2.24, 2.45) is 0 Å². The van der Waals surface area contributed by atoms with Gasteiger partial charge >= 0.3 is 6.18 Å². The van der Waals surface area contributed by atoms with E-state index in [2.05, 4.69) is 16.0 Å². The summed E-state index contributed by atoms with van der Waals surface area (Å²) in [6.45, 7) is 0. The van der Waals surface area contributed by atoms with E-state index in [1.165, 1.54) is 18.3 Å². The van der Waals surface area contributed by atoms with Crippen LogP contribution in [0.1, 0.15) is 23.2 Å². The molecule has 24 heavy (non-hydrogen) atoms. The summed E-state index contributed by atoms with van der Waals surface area (Å²) < 4.78 is 65.2. The fraction of sp³-hybridized carbons (Fsp3) is 0.125. The van der Waals surface area contributed by atoms with Crippen LogP contribution in [0.25, 0.3) is 16.9 Å². The van der Waals surface area contributed by atoms with Crippen LogP contribution >= 0.6 is 0 Å². The lowest BCUT2D eigenvalue weighted by atomic mass is 10.1. The average Bonchev–Trinajstić information content (AvgIpc) is 2.96. The summed E-state index contributed by atoms with van der Waals surface area (Å²) >= 11 is 0. The Kier molecular flexibility index (Phi) is 3.72. The third kappa shape index (κ3) is 2.69. The number of benzene rings is 1. The summed E-state index contributed by atoms with van der Waals surface area (Å²) in [4.78, 5) is 4.15. The van der Waals surface area contributed by atoms with E-state index in [4.69, 9.17) is 6.42 Å². The van der Waals surface area contributed by atoms with E-state index < -0.39 is 23.9 Å². The highest BCUT2D eigenvalue weighted by molar-refractivity contribution is 5.66. The van der Waals surface area contributed by atoms with Gasteiger partial charge in [0, 0.05) is 5.56 Å². The molecule has 0 aliphatic carbocycles. The highest BCUT2D eigenvalue weighted by Gasteiger charge is 2.30. The van der Waals surface area contributed by atoms with Crippen LogP contribution in [0.5, 0.6) is 0 Å². The van der Waals surface area contributed by atoms with Crippen molar-refractivity contribution in [2.75, 3.05) is 0 Å². The normalized spacial score (nSPS) is 11.9. The Morgan fingerprint density at radius 1 is 1.12 bits per heavy atom. The van der Waals surface area contributed by atoms with Gasteiger partial charge in [-0.1, -0.05) is 18.1 Å². The Bertz CT molecular complexity index is 933. The standard InChI is InChI=1S/C16H8F5N3/c1-2-9-8-22-24-13(14(17)18)7-12(23-15(9)24)10-3-5-11(6-4-10)16(19,20)21/h1,3-8,14H. The van der Waals surface area contributed by atoms with Gasteiger partial charge in [-0.05, 0) is 18.2 Å². The molecule has 3 rings (SSSR count). The van der Waals surface area contributed by atoms with Gasteiger partial charge in [0.1, 0.15) is 5.69 Å². The van der Waals surface area contributed by atoms with E-state index in [-0.39, 0.29) is 22.5 Å². The fourth-order valence-electron chi connectivity index (χ4n) is 2.22. The molecular formula is C16H8F5N3. The molecule has 0 saturated carbocycles. The zero-order valence-electron chi connectivity index (χ0n) is 11.9. The number of rotatable bonds is 2. The number of halogens is 5. The highest BCUT2D eigenvalue weighted by Crippen LogP contribution is 2.31. The second-order valence-corrected chi connectivity index (χ2v) is 4.88. The van der Waals surface area contributed by atoms with Crippen molar-refractivity contribution in [3.8, 4) is 23.6 Å². The number of hydrogen-bond acceptors (Lipinski definition) is 2. The monoisotopic (exact) mass is 337 g/mol. The molecule has 0 atom stereocenters. The molecule has 2 heterocycles. The van der Waals surface area contributed by atoms with E-state index >= 15 is 0 Å². The minimum absolute atomic E-state index is 0.0465. The van der Waals surface area contributed by atoms with E-state index in [0.717, 1.165) is 22.7 Å². The number of nitrogens with zero attached hydrogens (tertiary/aromatic N) is 3. The first kappa shape index (κ1) is 15.9. The Labute approximate surface area is 132 Å². The number of fused-ring (bicyclic) bond motifs is 1. The first-order chi connectivity index (χ1) is 11.3. The van der Waals surface area contributed by atoms with Crippen LogP contribution in [0.2, 0.25) is 0 Å². The summed E-state index contributed by atoms with van der Waals surface area (Å²) in [6, 6.07) is 5.14. The van der Waals surface area contributed by atoms with E-state index in [1.807, 2.05) is 0 Å². The SMILES string of the molecule is C#Cc1cnn2c(C(F)F)cc(-c3ccc(C(F)(F)F)cc3)nc12. The zero-order valence-corrected chi connectivity index (χ0v) is 11.9. The topological polar surface area (TPSA) is 30.2 Å². The van der Waals surface area contributed by atoms with Gasteiger partial charge in [-0.15, -0.1) is 6.42 Å². The molecule has 122 valence electrons. The van der Waals surface area contributed by atoms with Gasteiger partial charge in [-0.2, -0.15) is 18.3 Å². The van der Waals surface area contributed by atoms with E-state index in [9.17, 15) is 22.0 Å². The molecule has 0 radical (unpaired) electrons. The van der Waals surface area contributed by atoms with E-state index in [1.54, 1.807) is 0 Å². The number of terminal acetylenes is 1. The smallest absolute Gasteiger partial charge is 0.227 e. The lowest BCUT2D eigenvalue weighted by Gasteiger charge is -2.10. The third-order valence-corrected chi connectivity index (χ3v) is 3.39. The first-order valence-corrected chi connectivity index (χ1v) is 6.62. The number of alkyl halides is 5. The zero-order chi connectivity index (χ0) is 17.5. The molecule has 0 aliphatic rings. The summed E-state index contributed by atoms with van der Waals surface area (Å²) in [5.74, 6) is 2.28. The molecule has 0 amide bonds. The van der Waals surface area contributed by atoms with Crippen molar-refractivity contribution in [1.29, 1.82) is 0 Å². The van der Waals surface area contributed by atoms with E-state index in [0.29, 0.717) is 0 Å². The molecule has 0 saturated heterocycles. The Balaban J connectivity index is 2.17. The second kappa shape index (κ2) is 5.60. The van der Waals surface area contributed by atoms with Crippen molar-refractivity contribution in [1.82, 2.24) is 14.6 Å². The Morgan fingerprint density at radius 3 is 2.33 bits per heavy atom. The molecule has 0 bridgehead atoms. The van der Waals surface area contributed by atoms with Gasteiger partial charge in [0.15, 0.2) is 5.65 Å². The molecule has 0 fully saturated rings. The van der Waals surface area contributed by atoms with Crippen molar-refractivity contribution < 1.29 is 22.0 Å². The lowest BCUT2D eigenvalue weighted by Crippen LogP contribution is -2.05. The van der Waals surface area contributed by atoms with Gasteiger partial charge in [-0.25, -0.2) is 18.3 Å². The van der Waals surface area contributed by atoms with Crippen molar-refractivity contribution in [3.05, 3.63) is 53.3 Å². The van der Waals surface area contributed by atoms with Gasteiger partial charge < -0.3 is 0 Å². The fourth-order valence-corrected chi connectivity index (χ4v) is 2.22. The van der Waals surface area contributed by atoms with Gasteiger partial charge in [0.05, 0.1) is 23.0 Å². The van der Waals surface area contributed by atoms with Crippen molar-refractivity contribution >= 4 is 5.65 Å². The Morgan fingerprint density at radius 2 is 1.79 bits per heavy atom. The minimum Gasteiger partial charge on any atom is -0.227 e. The third-order valence-electron chi connectivity index (χ3n) is 3.39. The quantitative estimate of drug-likeness (QED) is 0.515. The molecule has 0 N–H and O–H groups in total. The summed E-state index contributed by atoms with van der Waals surface area (Å²) in [5.41, 5.74) is -0.678. The predicted octanol–water partition coefficient (Wildman–Crippen LogP) is 4.33. The molecule has 3 nitrogen and oxygen atoms in total. The molecule has 0 unspecified atom stereocenters. The molecule has 8 heteroatoms. The predicted molar refractivity (Wildman–Crippen MR) is 76.3 cm³/mol. The molecule has 0 spiro atoms. The molecule has 0 aliphatic heterocycles. The molecular weight excluding hydrogens is 329 g/mol. The largest absolute Gasteiger partial charge is 0.416 e. The van der Waals surface area contributed by atoms with Crippen LogP contribution in [0, 0.1) is 12.3 Å². The van der Waals surface area contributed by atoms with Crippen LogP contribution in [0.15, 0.2) is 36.5 Å². The number of hydrogen-bond donors (Lipinski definition) is 0. The van der Waals surface area contributed by atoms with Crippen LogP contribution < -0.4 is 0 Å². The second-order valence-electron chi connectivity index (χ2n) is 4.88. The van der Waals surface area contributed by atoms with Gasteiger partial charge in [0.2, 0.25) is 0 Å². The maximum absolute atomic E-state index is 13.2. The minimum atomic E-state index is -4.48. The van der Waals surface area contributed by atoms with Crippen LogP contribution in [0.3, 0.4) is 0 Å². The maximum atomic E-state index is 13.2. The molecule has 1 aromatic carbocycles. The summed E-state index contributed by atoms with van der Waals surface area (Å²) in [5, 5.41) is 3.77. The van der Waals surface area contributed by atoms with Crippen molar-refractivity contribution in [3.63, 3.8) is 0 Å². The van der Waals surface area contributed by atoms with Gasteiger partial charge in [-0.3, -0.25) is 0 Å². The maximum Gasteiger partial charge on any atom is 0.416 e. The Hall–Kier alpha value is -2.95. The van der Waals surface area contributed by atoms with Crippen molar-refractivity contribution in [2.45, 2.75) is 12.6 Å². The van der Waals surface area contributed by atoms with Crippen LogP contribution in [-0.2, 0) is 6.18 Å².